The molecule has 2 nitrogen and oxygen atoms in total. The van der Waals surface area contributed by atoms with Crippen LogP contribution in [0.3, 0.4) is 0 Å². The van der Waals surface area contributed by atoms with Crippen LogP contribution in [0.25, 0.3) is 0 Å². The van der Waals surface area contributed by atoms with E-state index < -0.39 is 0 Å². The van der Waals surface area contributed by atoms with Gasteiger partial charge in [0, 0.05) is 6.42 Å². The Labute approximate surface area is 285 Å². The summed E-state index contributed by atoms with van der Waals surface area (Å²) in [4.78, 5) is 0. The van der Waals surface area contributed by atoms with Gasteiger partial charge in [0.05, 0.1) is 13.1 Å². The van der Waals surface area contributed by atoms with E-state index in [1.807, 2.05) is 0 Å². The molecule has 0 aromatic carbocycles. The molecule has 266 valence electrons. The molecule has 0 amide bonds. The van der Waals surface area contributed by atoms with Crippen molar-refractivity contribution in [3.8, 4) is 0 Å². The van der Waals surface area contributed by atoms with Crippen molar-refractivity contribution in [2.75, 3.05) is 0 Å². The van der Waals surface area contributed by atoms with Gasteiger partial charge >= 0.3 is 0 Å². The number of aromatic nitrogens is 2. The van der Waals surface area contributed by atoms with Crippen molar-refractivity contribution in [3.63, 3.8) is 0 Å². The van der Waals surface area contributed by atoms with Gasteiger partial charge in [0.25, 0.3) is 5.82 Å². The van der Waals surface area contributed by atoms with E-state index in [9.17, 15) is 0 Å². The second kappa shape index (κ2) is 34.5. The lowest BCUT2D eigenvalue weighted by Gasteiger charge is -2.05. The highest BCUT2D eigenvalue weighted by atomic mass is 15.1. The van der Waals surface area contributed by atoms with Gasteiger partial charge in [-0.1, -0.05) is 213 Å². The van der Waals surface area contributed by atoms with E-state index >= 15 is 0 Å². The minimum absolute atomic E-state index is 1.16. The first-order valence-electron chi connectivity index (χ1n) is 21.4. The van der Waals surface area contributed by atoms with E-state index in [1.165, 1.54) is 231 Å². The molecule has 1 heterocycles. The maximum absolute atomic E-state index is 2.55. The Balaban J connectivity index is 1.89. The first-order valence-corrected chi connectivity index (χ1v) is 21.4. The minimum atomic E-state index is 1.16. The average molecular weight is 630 g/mol. The molecule has 0 saturated carbocycles. The lowest BCUT2D eigenvalue weighted by molar-refractivity contribution is -0.704. The summed E-state index contributed by atoms with van der Waals surface area (Å²) in [6.45, 7) is 9.39. The Morgan fingerprint density at radius 3 is 0.978 bits per heavy atom. The van der Waals surface area contributed by atoms with Crippen LogP contribution >= 0.6 is 0 Å². The van der Waals surface area contributed by atoms with Gasteiger partial charge < -0.3 is 0 Å². The predicted octanol–water partition coefficient (Wildman–Crippen LogP) is 14.6. The Morgan fingerprint density at radius 1 is 0.378 bits per heavy atom. The molecular weight excluding hydrogens is 544 g/mol. The summed E-state index contributed by atoms with van der Waals surface area (Å²) in [6.07, 6.45) is 55.1. The molecule has 0 aliphatic rings. The topological polar surface area (TPSA) is 8.81 Å². The number of hydrogen-bond acceptors (Lipinski definition) is 0. The van der Waals surface area contributed by atoms with Crippen LogP contribution < -0.4 is 4.57 Å². The van der Waals surface area contributed by atoms with Gasteiger partial charge in [0.15, 0.2) is 0 Å². The van der Waals surface area contributed by atoms with Crippen molar-refractivity contribution < 1.29 is 4.57 Å². The average Bonchev–Trinajstić information content (AvgIpc) is 3.45. The zero-order valence-electron chi connectivity index (χ0n) is 31.7. The van der Waals surface area contributed by atoms with Gasteiger partial charge in [0.1, 0.15) is 12.4 Å². The molecule has 0 saturated heterocycles. The van der Waals surface area contributed by atoms with Crippen molar-refractivity contribution in [1.29, 1.82) is 0 Å². The molecule has 0 bridgehead atoms. The number of rotatable bonds is 37. The van der Waals surface area contributed by atoms with Crippen LogP contribution in [-0.2, 0) is 19.5 Å². The van der Waals surface area contributed by atoms with Gasteiger partial charge in [-0.05, 0) is 25.7 Å². The lowest BCUT2D eigenvalue weighted by Crippen LogP contribution is -2.37. The fourth-order valence-electron chi connectivity index (χ4n) is 7.33. The van der Waals surface area contributed by atoms with Crippen LogP contribution in [0.4, 0.5) is 0 Å². The molecule has 0 aliphatic carbocycles. The zero-order valence-corrected chi connectivity index (χ0v) is 31.7. The fourth-order valence-corrected chi connectivity index (χ4v) is 7.33. The molecule has 0 atom stereocenters. The van der Waals surface area contributed by atoms with Crippen LogP contribution in [0.1, 0.15) is 245 Å². The molecular formula is C43H85N2+. The molecule has 0 unspecified atom stereocenters. The van der Waals surface area contributed by atoms with E-state index in [0.717, 1.165) is 6.42 Å². The SMILES string of the molecule is CCCCCCCCCCCCCCCCCCCn1cc[n+](CCCCCCCCCCCCCCCCCCC)c1CC. The van der Waals surface area contributed by atoms with E-state index in [-0.39, 0.29) is 0 Å². The fraction of sp³-hybridized carbons (Fsp3) is 0.930. The maximum Gasteiger partial charge on any atom is 0.256 e. The van der Waals surface area contributed by atoms with Crippen LogP contribution in [0, 0.1) is 0 Å². The first kappa shape index (κ1) is 42.2. The summed E-state index contributed by atoms with van der Waals surface area (Å²) in [6, 6.07) is 0. The van der Waals surface area contributed by atoms with Crippen molar-refractivity contribution in [2.45, 2.75) is 259 Å². The third-order valence-electron chi connectivity index (χ3n) is 10.4. The van der Waals surface area contributed by atoms with E-state index in [1.54, 1.807) is 5.82 Å². The smallest absolute Gasteiger partial charge is 0.234 e. The highest BCUT2D eigenvalue weighted by molar-refractivity contribution is 4.83. The summed E-state index contributed by atoms with van der Waals surface area (Å²) >= 11 is 0. The number of unbranched alkanes of at least 4 members (excludes halogenated alkanes) is 32. The van der Waals surface area contributed by atoms with Crippen LogP contribution in [-0.4, -0.2) is 4.57 Å². The molecule has 0 spiro atoms. The van der Waals surface area contributed by atoms with Crippen LogP contribution in [0.5, 0.6) is 0 Å². The lowest BCUT2D eigenvalue weighted by atomic mass is 10.0. The number of hydrogen-bond donors (Lipinski definition) is 0. The molecule has 0 aliphatic heterocycles. The summed E-state index contributed by atoms with van der Waals surface area (Å²) in [5.41, 5.74) is 0. The predicted molar refractivity (Wildman–Crippen MR) is 202 cm³/mol. The van der Waals surface area contributed by atoms with E-state index in [4.69, 9.17) is 0 Å². The van der Waals surface area contributed by atoms with E-state index in [2.05, 4.69) is 42.3 Å². The Bertz CT molecular complexity index is 637. The quantitative estimate of drug-likeness (QED) is 0.0511. The zero-order chi connectivity index (χ0) is 32.3. The minimum Gasteiger partial charge on any atom is -0.234 e. The highest BCUT2D eigenvalue weighted by Gasteiger charge is 2.14. The molecule has 1 aromatic rings. The third kappa shape index (κ3) is 26.9. The Kier molecular flexibility index (Phi) is 32.4. The second-order valence-electron chi connectivity index (χ2n) is 14.8. The number of aryl methyl sites for hydroxylation is 2. The maximum atomic E-state index is 2.55. The Hall–Kier alpha value is -0.790. The van der Waals surface area contributed by atoms with Crippen molar-refractivity contribution in [2.24, 2.45) is 0 Å². The van der Waals surface area contributed by atoms with Crippen molar-refractivity contribution in [1.82, 2.24) is 4.57 Å². The first-order chi connectivity index (χ1) is 22.3. The summed E-state index contributed by atoms with van der Waals surface area (Å²) < 4.78 is 5.11. The molecule has 1 rings (SSSR count). The Morgan fingerprint density at radius 2 is 0.667 bits per heavy atom. The summed E-state index contributed by atoms with van der Waals surface area (Å²) in [7, 11) is 0. The van der Waals surface area contributed by atoms with E-state index in [0.29, 0.717) is 0 Å². The summed E-state index contributed by atoms with van der Waals surface area (Å²) in [5, 5.41) is 0. The van der Waals surface area contributed by atoms with Gasteiger partial charge in [-0.3, -0.25) is 0 Å². The van der Waals surface area contributed by atoms with Crippen molar-refractivity contribution >= 4 is 0 Å². The van der Waals surface area contributed by atoms with Gasteiger partial charge in [-0.25, -0.2) is 9.13 Å². The number of nitrogens with zero attached hydrogens (tertiary/aromatic N) is 2. The summed E-state index contributed by atoms with van der Waals surface area (Å²) in [5.74, 6) is 1.54. The molecule has 1 aromatic heterocycles. The largest absolute Gasteiger partial charge is 0.256 e. The van der Waals surface area contributed by atoms with Crippen LogP contribution in [0.15, 0.2) is 12.4 Å². The normalized spacial score (nSPS) is 11.6. The monoisotopic (exact) mass is 630 g/mol. The second-order valence-corrected chi connectivity index (χ2v) is 14.8. The van der Waals surface area contributed by atoms with Gasteiger partial charge in [-0.2, -0.15) is 0 Å². The van der Waals surface area contributed by atoms with Gasteiger partial charge in [0.2, 0.25) is 0 Å². The highest BCUT2D eigenvalue weighted by Crippen LogP contribution is 2.16. The molecule has 0 fully saturated rings. The molecule has 0 radical (unpaired) electrons. The third-order valence-corrected chi connectivity index (χ3v) is 10.4. The number of imidazole rings is 1. The van der Waals surface area contributed by atoms with Gasteiger partial charge in [-0.15, -0.1) is 0 Å². The molecule has 0 N–H and O–H groups in total. The van der Waals surface area contributed by atoms with Crippen LogP contribution in [0.2, 0.25) is 0 Å². The standard InChI is InChI=1S/C43H85N2/c1-4-7-9-11-13-15-17-19-21-23-25-27-29-31-33-35-37-39-44-41-42-45(43(44)6-3)40-38-36-34-32-30-28-26-24-22-20-18-16-14-12-10-8-5-2/h41-42H,4-40H2,1-3H3/q+1. The molecule has 2 heteroatoms. The van der Waals surface area contributed by atoms with Crippen molar-refractivity contribution in [3.05, 3.63) is 18.2 Å². The molecule has 45 heavy (non-hydrogen) atoms.